The average Bonchev–Trinajstić information content (AvgIpc) is 2.71. The van der Waals surface area contributed by atoms with E-state index < -0.39 is 6.10 Å². The van der Waals surface area contributed by atoms with E-state index in [4.69, 9.17) is 0 Å². The summed E-state index contributed by atoms with van der Waals surface area (Å²) < 4.78 is 0. The molecule has 0 aliphatic carbocycles. The molecule has 0 fully saturated rings. The van der Waals surface area contributed by atoms with Crippen LogP contribution in [-0.2, 0) is 0 Å². The maximum atomic E-state index is 9.82. The Labute approximate surface area is 76.9 Å². The van der Waals surface area contributed by atoms with Crippen molar-refractivity contribution < 1.29 is 5.11 Å². The lowest BCUT2D eigenvalue weighted by Gasteiger charge is -2.13. The van der Waals surface area contributed by atoms with Crippen molar-refractivity contribution >= 4 is 0 Å². The lowest BCUT2D eigenvalue weighted by Crippen LogP contribution is -1.99. The van der Waals surface area contributed by atoms with E-state index in [0.717, 1.165) is 5.56 Å². The van der Waals surface area contributed by atoms with Gasteiger partial charge in [-0.2, -0.15) is 23.8 Å². The second kappa shape index (κ2) is 3.46. The van der Waals surface area contributed by atoms with Gasteiger partial charge in [0, 0.05) is 6.20 Å². The molecule has 1 aromatic heterocycles. The largest absolute Gasteiger partial charge is 0.395 e. The van der Waals surface area contributed by atoms with Crippen LogP contribution >= 0.6 is 0 Å². The van der Waals surface area contributed by atoms with Gasteiger partial charge in [-0.25, -0.2) is 6.07 Å². The first-order valence-electron chi connectivity index (χ1n) is 4.18. The van der Waals surface area contributed by atoms with Crippen molar-refractivity contribution in [2.75, 3.05) is 0 Å². The smallest absolute Gasteiger partial charge is 0.0676 e. The molecular formula is C11H10NO-. The van der Waals surface area contributed by atoms with Crippen molar-refractivity contribution in [2.24, 2.45) is 0 Å². The summed E-state index contributed by atoms with van der Waals surface area (Å²) in [5, 5.41) is 9.82. The predicted octanol–water partition coefficient (Wildman–Crippen LogP) is 1.88. The summed E-state index contributed by atoms with van der Waals surface area (Å²) in [6.07, 6.45) is 1.08. The van der Waals surface area contributed by atoms with Crippen molar-refractivity contribution in [2.45, 2.75) is 6.10 Å². The highest BCUT2D eigenvalue weighted by Crippen LogP contribution is 2.19. The molecule has 0 spiro atoms. The molecule has 0 bridgehead atoms. The van der Waals surface area contributed by atoms with Gasteiger partial charge in [-0.05, 0) is 12.1 Å². The zero-order valence-corrected chi connectivity index (χ0v) is 7.09. The minimum Gasteiger partial charge on any atom is -0.395 e. The molecule has 1 N–H and O–H groups in total. The predicted molar refractivity (Wildman–Crippen MR) is 50.3 cm³/mol. The first kappa shape index (κ1) is 8.08. The summed E-state index contributed by atoms with van der Waals surface area (Å²) in [7, 11) is 0. The summed E-state index contributed by atoms with van der Waals surface area (Å²) in [5.41, 5.74) is 1.58. The number of nitrogens with zero attached hydrogens (tertiary/aromatic N) is 1. The maximum Gasteiger partial charge on any atom is 0.0676 e. The lowest BCUT2D eigenvalue weighted by atomic mass is 10.1. The number of pyridine rings is 1. The van der Waals surface area contributed by atoms with Crippen LogP contribution in [0, 0.1) is 0 Å². The third-order valence-corrected chi connectivity index (χ3v) is 1.97. The van der Waals surface area contributed by atoms with E-state index in [1.807, 2.05) is 42.5 Å². The van der Waals surface area contributed by atoms with Gasteiger partial charge in [0.2, 0.25) is 0 Å². The third-order valence-electron chi connectivity index (χ3n) is 1.97. The Hall–Kier alpha value is -1.54. The van der Waals surface area contributed by atoms with Crippen LogP contribution in [0.5, 0.6) is 0 Å². The Kier molecular flexibility index (Phi) is 2.15. The van der Waals surface area contributed by atoms with E-state index in [1.54, 1.807) is 6.20 Å². The second-order valence-corrected chi connectivity index (χ2v) is 2.88. The molecule has 2 rings (SSSR count). The van der Waals surface area contributed by atoms with Crippen LogP contribution in [0.1, 0.15) is 17.4 Å². The average molecular weight is 172 g/mol. The number of aliphatic hydroxyl groups is 1. The first-order chi connectivity index (χ1) is 6.38. The zero-order chi connectivity index (χ0) is 9.10. The monoisotopic (exact) mass is 172 g/mol. The first-order valence-corrected chi connectivity index (χ1v) is 4.18. The molecule has 0 saturated heterocycles. The number of aromatic nitrogens is 1. The van der Waals surface area contributed by atoms with E-state index in [2.05, 4.69) is 4.98 Å². The lowest BCUT2D eigenvalue weighted by molar-refractivity contribution is 0.215. The van der Waals surface area contributed by atoms with E-state index in [9.17, 15) is 5.11 Å². The van der Waals surface area contributed by atoms with Gasteiger partial charge in [0.1, 0.15) is 0 Å². The van der Waals surface area contributed by atoms with E-state index in [0.29, 0.717) is 5.69 Å². The third kappa shape index (κ3) is 1.63. The van der Waals surface area contributed by atoms with Crippen molar-refractivity contribution in [1.82, 2.24) is 4.98 Å². The van der Waals surface area contributed by atoms with Crippen LogP contribution in [0.3, 0.4) is 0 Å². The van der Waals surface area contributed by atoms with Gasteiger partial charge in [0.25, 0.3) is 0 Å². The summed E-state index contributed by atoms with van der Waals surface area (Å²) in [6.45, 7) is 0. The van der Waals surface area contributed by atoms with Gasteiger partial charge >= 0.3 is 0 Å². The van der Waals surface area contributed by atoms with Crippen molar-refractivity contribution in [3.05, 3.63) is 59.9 Å². The summed E-state index contributed by atoms with van der Waals surface area (Å²) in [6, 6.07) is 13.1. The summed E-state index contributed by atoms with van der Waals surface area (Å²) in [4.78, 5) is 4.08. The molecule has 2 aromatic rings. The minimum atomic E-state index is -0.601. The molecule has 0 saturated carbocycles. The molecule has 0 amide bonds. The molecule has 66 valence electrons. The Morgan fingerprint density at radius 3 is 2.85 bits per heavy atom. The van der Waals surface area contributed by atoms with Gasteiger partial charge in [0.15, 0.2) is 0 Å². The fourth-order valence-electron chi connectivity index (χ4n) is 1.28. The van der Waals surface area contributed by atoms with Crippen LogP contribution in [0.2, 0.25) is 0 Å². The van der Waals surface area contributed by atoms with Crippen molar-refractivity contribution in [3.8, 4) is 0 Å². The summed E-state index contributed by atoms with van der Waals surface area (Å²) >= 11 is 0. The second-order valence-electron chi connectivity index (χ2n) is 2.88. The molecule has 1 aromatic carbocycles. The number of hydrogen-bond acceptors (Lipinski definition) is 2. The quantitative estimate of drug-likeness (QED) is 0.701. The zero-order valence-electron chi connectivity index (χ0n) is 7.09. The number of hydrogen-bond donors (Lipinski definition) is 1. The van der Waals surface area contributed by atoms with Crippen LogP contribution in [0.4, 0.5) is 0 Å². The Morgan fingerprint density at radius 1 is 1.31 bits per heavy atom. The SMILES string of the molecule is OC(c1cc[cH-]c1)c1ccccn1. The topological polar surface area (TPSA) is 33.1 Å². The van der Waals surface area contributed by atoms with E-state index in [-0.39, 0.29) is 0 Å². The van der Waals surface area contributed by atoms with E-state index >= 15 is 0 Å². The molecule has 2 nitrogen and oxygen atoms in total. The molecule has 0 radical (unpaired) electrons. The molecular weight excluding hydrogens is 162 g/mol. The van der Waals surface area contributed by atoms with Crippen LogP contribution < -0.4 is 0 Å². The van der Waals surface area contributed by atoms with Gasteiger partial charge < -0.3 is 5.11 Å². The molecule has 0 aliphatic rings. The Bertz CT molecular complexity index is 353. The maximum absolute atomic E-state index is 9.82. The van der Waals surface area contributed by atoms with Crippen molar-refractivity contribution in [1.29, 1.82) is 0 Å². The van der Waals surface area contributed by atoms with Gasteiger partial charge in [-0.1, -0.05) is 6.07 Å². The highest BCUT2D eigenvalue weighted by atomic mass is 16.3. The van der Waals surface area contributed by atoms with Crippen LogP contribution in [0.15, 0.2) is 48.7 Å². The molecule has 1 unspecified atom stereocenters. The highest BCUT2D eigenvalue weighted by molar-refractivity contribution is 5.26. The Balaban J connectivity index is 2.29. The van der Waals surface area contributed by atoms with Gasteiger partial charge in [0.05, 0.1) is 11.8 Å². The summed E-state index contributed by atoms with van der Waals surface area (Å²) in [5.74, 6) is 0. The molecule has 1 heterocycles. The Morgan fingerprint density at radius 2 is 2.23 bits per heavy atom. The highest BCUT2D eigenvalue weighted by Gasteiger charge is 2.03. The number of aliphatic hydroxyl groups excluding tert-OH is 1. The van der Waals surface area contributed by atoms with Crippen LogP contribution in [0.25, 0.3) is 0 Å². The molecule has 0 aliphatic heterocycles. The van der Waals surface area contributed by atoms with E-state index in [1.165, 1.54) is 0 Å². The molecule has 1 atom stereocenters. The fraction of sp³-hybridized carbons (Fsp3) is 0.0909. The van der Waals surface area contributed by atoms with Crippen molar-refractivity contribution in [3.63, 3.8) is 0 Å². The normalized spacial score (nSPS) is 12.7. The molecule has 2 heteroatoms. The van der Waals surface area contributed by atoms with Crippen LogP contribution in [-0.4, -0.2) is 10.1 Å². The fourth-order valence-corrected chi connectivity index (χ4v) is 1.28. The number of rotatable bonds is 2. The molecule has 13 heavy (non-hydrogen) atoms. The minimum absolute atomic E-state index is 0.601. The standard InChI is InChI=1S/C11H10NO/c13-11(9-5-1-2-6-9)10-7-3-4-8-12-10/h1-8,11,13H/q-1. The van der Waals surface area contributed by atoms with Gasteiger partial charge in [-0.15, -0.1) is 0 Å². The van der Waals surface area contributed by atoms with Gasteiger partial charge in [-0.3, -0.25) is 4.98 Å².